The molecule has 0 N–H and O–H groups in total. The maximum atomic E-state index is 12.0. The van der Waals surface area contributed by atoms with E-state index in [9.17, 15) is 4.79 Å². The number of carbonyl (C=O) groups is 1. The summed E-state index contributed by atoms with van der Waals surface area (Å²) in [6.45, 7) is 0.696. The number of para-hydroxylation sites is 1. The maximum absolute atomic E-state index is 12.0. The summed E-state index contributed by atoms with van der Waals surface area (Å²) in [6.07, 6.45) is 2.22. The fourth-order valence-corrected chi connectivity index (χ4v) is 3.16. The number of rotatable bonds is 4. The summed E-state index contributed by atoms with van der Waals surface area (Å²) in [5, 5.41) is 0. The van der Waals surface area contributed by atoms with Gasteiger partial charge in [-0.1, -0.05) is 83.3 Å². The highest BCUT2D eigenvalue weighted by Gasteiger charge is 2.23. The van der Waals surface area contributed by atoms with Crippen molar-refractivity contribution in [2.75, 3.05) is 20.2 Å². The number of hydrogen-bond acceptors (Lipinski definition) is 3. The SMILES string of the molecule is CN(CC/C=C1\c2ccccc2COc2ccccc21)C(=O)OCC(Cl)(Cl)Cl. The van der Waals surface area contributed by atoms with Crippen molar-refractivity contribution >= 4 is 46.5 Å². The van der Waals surface area contributed by atoms with E-state index in [1.54, 1.807) is 7.05 Å². The smallest absolute Gasteiger partial charge is 0.409 e. The molecule has 2 aromatic carbocycles. The third-order valence-corrected chi connectivity index (χ3v) is 4.68. The molecule has 28 heavy (non-hydrogen) atoms. The molecule has 0 bridgehead atoms. The molecule has 148 valence electrons. The topological polar surface area (TPSA) is 38.8 Å². The van der Waals surface area contributed by atoms with Crippen LogP contribution < -0.4 is 4.74 Å². The molecule has 0 radical (unpaired) electrons. The number of carbonyl (C=O) groups excluding carboxylic acids is 1. The largest absolute Gasteiger partial charge is 0.488 e. The minimum absolute atomic E-state index is 0.292. The summed E-state index contributed by atoms with van der Waals surface area (Å²) in [6, 6.07) is 16.1. The van der Waals surface area contributed by atoms with Crippen molar-refractivity contribution in [1.29, 1.82) is 0 Å². The van der Waals surface area contributed by atoms with Gasteiger partial charge in [-0.05, 0) is 29.2 Å². The maximum Gasteiger partial charge on any atom is 0.409 e. The summed E-state index contributed by atoms with van der Waals surface area (Å²) in [5.41, 5.74) is 4.38. The highest BCUT2D eigenvalue weighted by Crippen LogP contribution is 2.36. The number of ether oxygens (including phenoxy) is 2. The second-order valence-electron chi connectivity index (χ2n) is 6.44. The van der Waals surface area contributed by atoms with Gasteiger partial charge in [0.2, 0.25) is 3.79 Å². The Morgan fingerprint density at radius 2 is 1.82 bits per heavy atom. The highest BCUT2D eigenvalue weighted by molar-refractivity contribution is 6.67. The first-order chi connectivity index (χ1) is 13.3. The molecule has 2 aromatic rings. The van der Waals surface area contributed by atoms with Crippen molar-refractivity contribution in [3.63, 3.8) is 0 Å². The number of amides is 1. The Balaban J connectivity index is 1.75. The summed E-state index contributed by atoms with van der Waals surface area (Å²) in [7, 11) is 1.65. The van der Waals surface area contributed by atoms with Crippen LogP contribution in [-0.4, -0.2) is 35.0 Å². The summed E-state index contributed by atoms with van der Waals surface area (Å²) >= 11 is 16.8. The van der Waals surface area contributed by atoms with Crippen molar-refractivity contribution in [3.8, 4) is 5.75 Å². The fourth-order valence-electron chi connectivity index (χ4n) is 2.99. The molecule has 0 atom stereocenters. The third-order valence-electron chi connectivity index (χ3n) is 4.35. The van der Waals surface area contributed by atoms with Crippen LogP contribution in [0.25, 0.3) is 5.57 Å². The fraction of sp³-hybridized carbons (Fsp3) is 0.286. The van der Waals surface area contributed by atoms with Crippen LogP contribution >= 0.6 is 34.8 Å². The lowest BCUT2D eigenvalue weighted by Gasteiger charge is -2.18. The van der Waals surface area contributed by atoms with E-state index in [0.717, 1.165) is 28.0 Å². The summed E-state index contributed by atoms with van der Waals surface area (Å²) in [4.78, 5) is 13.5. The number of benzene rings is 2. The van der Waals surface area contributed by atoms with E-state index >= 15 is 0 Å². The van der Waals surface area contributed by atoms with Crippen LogP contribution in [0.15, 0.2) is 54.6 Å². The predicted molar refractivity (Wildman–Crippen MR) is 113 cm³/mol. The quantitative estimate of drug-likeness (QED) is 0.561. The van der Waals surface area contributed by atoms with E-state index in [1.165, 1.54) is 4.90 Å². The zero-order chi connectivity index (χ0) is 20.1. The van der Waals surface area contributed by atoms with Crippen molar-refractivity contribution in [3.05, 3.63) is 71.3 Å². The third kappa shape index (κ3) is 5.34. The molecule has 0 unspecified atom stereocenters. The summed E-state index contributed by atoms with van der Waals surface area (Å²) in [5.74, 6) is 0.848. The number of halogens is 3. The second-order valence-corrected chi connectivity index (χ2v) is 8.96. The molecule has 4 nitrogen and oxygen atoms in total. The number of alkyl halides is 3. The predicted octanol–water partition coefficient (Wildman–Crippen LogP) is 5.84. The molecular weight excluding hydrogens is 421 g/mol. The van der Waals surface area contributed by atoms with Gasteiger partial charge in [0, 0.05) is 19.2 Å². The second kappa shape index (κ2) is 9.08. The van der Waals surface area contributed by atoms with Gasteiger partial charge < -0.3 is 14.4 Å². The molecule has 0 spiro atoms. The molecule has 0 aliphatic carbocycles. The van der Waals surface area contributed by atoms with Crippen molar-refractivity contribution in [2.45, 2.75) is 16.8 Å². The van der Waals surface area contributed by atoms with Gasteiger partial charge in [-0.15, -0.1) is 0 Å². The van der Waals surface area contributed by atoms with E-state index in [2.05, 4.69) is 18.2 Å². The average molecular weight is 441 g/mol. The van der Waals surface area contributed by atoms with Crippen molar-refractivity contribution in [1.82, 2.24) is 4.90 Å². The van der Waals surface area contributed by atoms with Crippen LogP contribution in [0.3, 0.4) is 0 Å². The van der Waals surface area contributed by atoms with Gasteiger partial charge in [-0.2, -0.15) is 0 Å². The minimum atomic E-state index is -1.62. The van der Waals surface area contributed by atoms with Gasteiger partial charge in [0.1, 0.15) is 19.0 Å². The normalized spacial score (nSPS) is 14.5. The van der Waals surface area contributed by atoms with E-state index in [1.807, 2.05) is 36.4 Å². The molecule has 0 aromatic heterocycles. The van der Waals surface area contributed by atoms with E-state index < -0.39 is 9.89 Å². The van der Waals surface area contributed by atoms with Gasteiger partial charge in [-0.25, -0.2) is 4.79 Å². The Labute approximate surface area is 179 Å². The van der Waals surface area contributed by atoms with Gasteiger partial charge >= 0.3 is 6.09 Å². The van der Waals surface area contributed by atoms with Crippen molar-refractivity contribution < 1.29 is 14.3 Å². The first-order valence-corrected chi connectivity index (χ1v) is 9.94. The minimum Gasteiger partial charge on any atom is -0.488 e. The molecule has 0 fully saturated rings. The van der Waals surface area contributed by atoms with E-state index in [0.29, 0.717) is 19.6 Å². The van der Waals surface area contributed by atoms with Gasteiger partial charge in [-0.3, -0.25) is 0 Å². The highest BCUT2D eigenvalue weighted by atomic mass is 35.6. The Morgan fingerprint density at radius 3 is 2.57 bits per heavy atom. The molecule has 7 heteroatoms. The zero-order valence-corrected chi connectivity index (χ0v) is 17.6. The van der Waals surface area contributed by atoms with Crippen LogP contribution in [0.2, 0.25) is 0 Å². The van der Waals surface area contributed by atoms with Crippen LogP contribution in [0, 0.1) is 0 Å². The molecule has 1 aliphatic rings. The Hall–Kier alpha value is -1.88. The Kier molecular flexibility index (Phi) is 6.76. The first-order valence-electron chi connectivity index (χ1n) is 8.80. The number of hydrogen-bond donors (Lipinski definition) is 0. The standard InChI is InChI=1S/C21H20Cl3NO3/c1-25(20(26)28-14-21(22,23)24)12-6-10-17-16-8-3-2-7-15(16)13-27-19-11-5-4-9-18(17)19/h2-5,7-11H,6,12-14H2,1H3/b17-10+. The lowest BCUT2D eigenvalue weighted by molar-refractivity contribution is 0.113. The van der Waals surface area contributed by atoms with Crippen molar-refractivity contribution in [2.24, 2.45) is 0 Å². The monoisotopic (exact) mass is 439 g/mol. The Bertz CT molecular complexity index is 828. The van der Waals surface area contributed by atoms with Crippen LogP contribution in [0.4, 0.5) is 4.79 Å². The number of nitrogens with zero attached hydrogens (tertiary/aromatic N) is 1. The molecule has 3 rings (SSSR count). The molecule has 0 saturated heterocycles. The molecule has 1 aliphatic heterocycles. The van der Waals surface area contributed by atoms with Gasteiger partial charge in [0.25, 0.3) is 0 Å². The van der Waals surface area contributed by atoms with Crippen LogP contribution in [-0.2, 0) is 11.3 Å². The Morgan fingerprint density at radius 1 is 1.14 bits per heavy atom. The van der Waals surface area contributed by atoms with Gasteiger partial charge in [0.15, 0.2) is 0 Å². The zero-order valence-electron chi connectivity index (χ0n) is 15.3. The van der Waals surface area contributed by atoms with E-state index in [4.69, 9.17) is 44.3 Å². The lowest BCUT2D eigenvalue weighted by atomic mass is 9.93. The average Bonchev–Trinajstić information content (AvgIpc) is 2.83. The molecule has 0 saturated carbocycles. The number of fused-ring (bicyclic) bond motifs is 2. The van der Waals surface area contributed by atoms with E-state index in [-0.39, 0.29) is 6.61 Å². The summed E-state index contributed by atoms with van der Waals surface area (Å²) < 4.78 is 9.35. The molecular formula is C21H20Cl3NO3. The molecule has 1 amide bonds. The lowest BCUT2D eigenvalue weighted by Crippen LogP contribution is -2.30. The van der Waals surface area contributed by atoms with Crippen LogP contribution in [0.5, 0.6) is 5.75 Å². The first kappa shape index (κ1) is 20.8. The van der Waals surface area contributed by atoms with Crippen LogP contribution in [0.1, 0.15) is 23.1 Å². The van der Waals surface area contributed by atoms with Gasteiger partial charge in [0.05, 0.1) is 0 Å². The molecule has 1 heterocycles.